The summed E-state index contributed by atoms with van der Waals surface area (Å²) >= 11 is 0. The van der Waals surface area contributed by atoms with E-state index in [9.17, 15) is 4.79 Å². The fourth-order valence-electron chi connectivity index (χ4n) is 4.27. The molecule has 3 heterocycles. The molecule has 7 nitrogen and oxygen atoms in total. The van der Waals surface area contributed by atoms with Crippen LogP contribution in [0.1, 0.15) is 35.4 Å². The Morgan fingerprint density at radius 3 is 2.64 bits per heavy atom. The van der Waals surface area contributed by atoms with Crippen molar-refractivity contribution >= 4 is 17.5 Å². The highest BCUT2D eigenvalue weighted by Crippen LogP contribution is 2.38. The first kappa shape index (κ1) is 18.7. The van der Waals surface area contributed by atoms with Crippen LogP contribution in [-0.2, 0) is 4.74 Å². The average Bonchev–Trinajstić information content (AvgIpc) is 3.11. The van der Waals surface area contributed by atoms with Crippen molar-refractivity contribution in [3.05, 3.63) is 47.8 Å². The predicted octanol–water partition coefficient (Wildman–Crippen LogP) is 2.27. The van der Waals surface area contributed by atoms with Gasteiger partial charge in [0.25, 0.3) is 5.91 Å². The fourth-order valence-corrected chi connectivity index (χ4v) is 4.27. The molecule has 28 heavy (non-hydrogen) atoms. The van der Waals surface area contributed by atoms with E-state index in [4.69, 9.17) is 10.5 Å². The number of likely N-dealkylation sites (N-methyl/N-ethyl adjacent to an activating group) is 1. The zero-order valence-corrected chi connectivity index (χ0v) is 16.5. The van der Waals surface area contributed by atoms with Crippen molar-refractivity contribution in [2.24, 2.45) is 0 Å². The van der Waals surface area contributed by atoms with E-state index < -0.39 is 0 Å². The number of rotatable bonds is 3. The Morgan fingerprint density at radius 2 is 1.96 bits per heavy atom. The van der Waals surface area contributed by atoms with Gasteiger partial charge in [-0.1, -0.05) is 18.2 Å². The van der Waals surface area contributed by atoms with Gasteiger partial charge in [0.1, 0.15) is 5.69 Å². The molecule has 1 amide bonds. The van der Waals surface area contributed by atoms with Crippen LogP contribution in [0.25, 0.3) is 0 Å². The number of amides is 1. The number of nitrogens with two attached hydrogens (primary N) is 1. The summed E-state index contributed by atoms with van der Waals surface area (Å²) in [5, 5.41) is 0. The third-order valence-corrected chi connectivity index (χ3v) is 5.95. The number of aryl methyl sites for hydroxylation is 1. The number of carbonyl (C=O) groups is 1. The van der Waals surface area contributed by atoms with Crippen LogP contribution in [0.2, 0.25) is 0 Å². The van der Waals surface area contributed by atoms with E-state index in [-0.39, 0.29) is 17.5 Å². The molecule has 1 aromatic heterocycles. The highest BCUT2D eigenvalue weighted by atomic mass is 16.5. The van der Waals surface area contributed by atoms with E-state index in [1.165, 1.54) is 5.69 Å². The van der Waals surface area contributed by atoms with Crippen LogP contribution in [0.3, 0.4) is 0 Å². The molecule has 2 aliphatic heterocycles. The molecule has 0 aliphatic carbocycles. The smallest absolute Gasteiger partial charge is 0.272 e. The molecule has 7 heteroatoms. The van der Waals surface area contributed by atoms with E-state index in [2.05, 4.69) is 46.2 Å². The molecule has 1 aromatic carbocycles. The lowest BCUT2D eigenvalue weighted by Gasteiger charge is -2.39. The van der Waals surface area contributed by atoms with Crippen molar-refractivity contribution in [1.82, 2.24) is 14.9 Å². The number of likely N-dealkylation sites (tertiary alicyclic amines) is 1. The van der Waals surface area contributed by atoms with Gasteiger partial charge in [0.05, 0.1) is 18.2 Å². The van der Waals surface area contributed by atoms with E-state index in [1.807, 2.05) is 17.9 Å². The molecule has 0 radical (unpaired) electrons. The van der Waals surface area contributed by atoms with Gasteiger partial charge in [-0.25, -0.2) is 9.97 Å². The molecule has 2 aromatic rings. The number of benzene rings is 1. The topological polar surface area (TPSA) is 84.6 Å². The third kappa shape index (κ3) is 3.67. The van der Waals surface area contributed by atoms with Crippen LogP contribution in [-0.4, -0.2) is 59.2 Å². The number of piperidine rings is 1. The van der Waals surface area contributed by atoms with Crippen LogP contribution in [0.4, 0.5) is 11.6 Å². The number of hydrogen-bond donors (Lipinski definition) is 1. The quantitative estimate of drug-likeness (QED) is 0.878. The van der Waals surface area contributed by atoms with Gasteiger partial charge in [-0.3, -0.25) is 4.79 Å². The summed E-state index contributed by atoms with van der Waals surface area (Å²) in [4.78, 5) is 25.1. The summed E-state index contributed by atoms with van der Waals surface area (Å²) in [5.41, 5.74) is 7.84. The number of hydrogen-bond acceptors (Lipinski definition) is 6. The molecule has 2 N–H and O–H groups in total. The van der Waals surface area contributed by atoms with Gasteiger partial charge in [0.2, 0.25) is 5.95 Å². The second kappa shape index (κ2) is 7.39. The highest BCUT2D eigenvalue weighted by Gasteiger charge is 2.44. The van der Waals surface area contributed by atoms with Crippen molar-refractivity contribution < 1.29 is 9.53 Å². The maximum absolute atomic E-state index is 12.8. The zero-order chi connectivity index (χ0) is 19.7. The normalized spacial score (nSPS) is 21.1. The Hall–Kier alpha value is -2.67. The first-order chi connectivity index (χ1) is 13.5. The third-order valence-electron chi connectivity index (χ3n) is 5.95. The van der Waals surface area contributed by atoms with Gasteiger partial charge < -0.3 is 20.3 Å². The Kier molecular flexibility index (Phi) is 4.93. The van der Waals surface area contributed by atoms with Crippen LogP contribution < -0.4 is 10.6 Å². The Morgan fingerprint density at radius 1 is 1.25 bits per heavy atom. The van der Waals surface area contributed by atoms with Crippen molar-refractivity contribution in [2.75, 3.05) is 37.4 Å². The summed E-state index contributed by atoms with van der Waals surface area (Å²) in [6.07, 6.45) is 2.68. The van der Waals surface area contributed by atoms with Crippen LogP contribution in [0.5, 0.6) is 0 Å². The van der Waals surface area contributed by atoms with E-state index in [0.717, 1.165) is 25.9 Å². The minimum absolute atomic E-state index is 0.0806. The number of aromatic nitrogens is 2. The molecule has 0 bridgehead atoms. The highest BCUT2D eigenvalue weighted by molar-refractivity contribution is 5.92. The van der Waals surface area contributed by atoms with Gasteiger partial charge in [-0.15, -0.1) is 0 Å². The summed E-state index contributed by atoms with van der Waals surface area (Å²) < 4.78 is 6.28. The minimum atomic E-state index is -0.134. The average molecular weight is 381 g/mol. The second-order valence-corrected chi connectivity index (χ2v) is 7.84. The molecule has 1 spiro atoms. The molecule has 0 saturated carbocycles. The van der Waals surface area contributed by atoms with Gasteiger partial charge in [-0.05, 0) is 44.4 Å². The van der Waals surface area contributed by atoms with Crippen LogP contribution in [0.15, 0.2) is 36.4 Å². The summed E-state index contributed by atoms with van der Waals surface area (Å²) in [5.74, 6) is 0.0609. The van der Waals surface area contributed by atoms with Crippen molar-refractivity contribution in [3.63, 3.8) is 0 Å². The number of nitrogens with zero attached hydrogens (tertiary/aromatic N) is 4. The lowest BCUT2D eigenvalue weighted by molar-refractivity contribution is -0.0389. The Balaban J connectivity index is 1.38. The first-order valence-electron chi connectivity index (χ1n) is 9.78. The monoisotopic (exact) mass is 381 g/mol. The molecule has 148 valence electrons. The second-order valence-electron chi connectivity index (χ2n) is 7.84. The number of anilines is 2. The van der Waals surface area contributed by atoms with Gasteiger partial charge in [0, 0.05) is 31.5 Å². The molecule has 1 atom stereocenters. The maximum Gasteiger partial charge on any atom is 0.272 e. The summed E-state index contributed by atoms with van der Waals surface area (Å²) in [6.45, 7) is 3.88. The van der Waals surface area contributed by atoms with E-state index in [1.54, 1.807) is 6.07 Å². The molecule has 0 unspecified atom stereocenters. The van der Waals surface area contributed by atoms with Gasteiger partial charge in [-0.2, -0.15) is 0 Å². The summed E-state index contributed by atoms with van der Waals surface area (Å²) in [6, 6.07) is 12.5. The SMILES string of the molecule is Cc1cc(C(=O)N2CCC3(CC2)C[C@H](N(C)c2ccccc2)CO3)nc(N)n1. The first-order valence-corrected chi connectivity index (χ1v) is 9.78. The number of ether oxygens (including phenoxy) is 1. The maximum atomic E-state index is 12.8. The Labute approximate surface area is 165 Å². The largest absolute Gasteiger partial charge is 0.373 e. The molecule has 2 saturated heterocycles. The predicted molar refractivity (Wildman–Crippen MR) is 108 cm³/mol. The number of nitrogen functional groups attached to an aromatic ring is 1. The molecular weight excluding hydrogens is 354 g/mol. The minimum Gasteiger partial charge on any atom is -0.373 e. The van der Waals surface area contributed by atoms with E-state index in [0.29, 0.717) is 30.5 Å². The molecule has 4 rings (SSSR count). The van der Waals surface area contributed by atoms with Crippen LogP contribution in [0, 0.1) is 6.92 Å². The number of para-hydroxylation sites is 1. The zero-order valence-electron chi connectivity index (χ0n) is 16.5. The Bertz CT molecular complexity index is 829. The van der Waals surface area contributed by atoms with Crippen molar-refractivity contribution in [2.45, 2.75) is 37.8 Å². The van der Waals surface area contributed by atoms with E-state index >= 15 is 0 Å². The fraction of sp³-hybridized carbons (Fsp3) is 0.476. The van der Waals surface area contributed by atoms with Gasteiger partial charge in [0.15, 0.2) is 0 Å². The lowest BCUT2D eigenvalue weighted by atomic mass is 9.87. The summed E-state index contributed by atoms with van der Waals surface area (Å²) in [7, 11) is 2.13. The molecular formula is C21H27N5O2. The number of carbonyl (C=O) groups excluding carboxylic acids is 1. The van der Waals surface area contributed by atoms with Crippen LogP contribution >= 0.6 is 0 Å². The van der Waals surface area contributed by atoms with Crippen molar-refractivity contribution in [1.29, 1.82) is 0 Å². The van der Waals surface area contributed by atoms with Crippen molar-refractivity contribution in [3.8, 4) is 0 Å². The molecule has 2 fully saturated rings. The standard InChI is InChI=1S/C21H27N5O2/c1-15-12-18(24-20(22)23-15)19(27)26-10-8-21(9-11-26)13-17(14-28-21)25(2)16-6-4-3-5-7-16/h3-7,12,17H,8-11,13-14H2,1-2H3,(H2,22,23,24)/t17-/m0/s1. The lowest BCUT2D eigenvalue weighted by Crippen LogP contribution is -2.47. The molecule has 2 aliphatic rings. The van der Waals surface area contributed by atoms with Gasteiger partial charge >= 0.3 is 0 Å².